The summed E-state index contributed by atoms with van der Waals surface area (Å²) in [4.78, 5) is 14.5. The fourth-order valence-electron chi connectivity index (χ4n) is 3.20. The molecule has 4 nitrogen and oxygen atoms in total. The van der Waals surface area contributed by atoms with Crippen molar-refractivity contribution >= 4 is 22.3 Å². The first-order valence-corrected chi connectivity index (χ1v) is 7.49. The Hall–Kier alpha value is -2.09. The summed E-state index contributed by atoms with van der Waals surface area (Å²) in [6, 6.07) is 15.4. The topological polar surface area (TPSA) is 42.7 Å². The van der Waals surface area contributed by atoms with Gasteiger partial charge in [-0.05, 0) is 36.4 Å². The minimum Gasteiger partial charge on any atom is -0.497 e. The molecule has 5 heteroatoms. The number of nitrogens with zero attached hydrogens (tertiary/aromatic N) is 1. The van der Waals surface area contributed by atoms with Gasteiger partial charge in [0.25, 0.3) is 0 Å². The van der Waals surface area contributed by atoms with Crippen LogP contribution in [0.1, 0.15) is 11.5 Å². The second-order valence-corrected chi connectivity index (χ2v) is 5.65. The molecular weight excluding hydrogens is 397 g/mol. The summed E-state index contributed by atoms with van der Waals surface area (Å²) < 4.78 is 10.7. The van der Waals surface area contributed by atoms with E-state index in [1.54, 1.807) is 7.11 Å². The number of methoxy groups -OCH3 is 1. The van der Waals surface area contributed by atoms with E-state index in [2.05, 4.69) is 11.8 Å². The summed E-state index contributed by atoms with van der Waals surface area (Å²) in [5, 5.41) is 0.934. The molecule has 1 aliphatic rings. The number of para-hydroxylation sites is 1. The van der Waals surface area contributed by atoms with E-state index in [4.69, 9.17) is 9.15 Å². The zero-order valence-electron chi connectivity index (χ0n) is 13.1. The third kappa shape index (κ3) is 2.54. The van der Waals surface area contributed by atoms with Crippen molar-refractivity contribution in [3.05, 3.63) is 71.4 Å². The molecule has 0 bridgehead atoms. The average molecular weight is 413 g/mol. The smallest absolute Gasteiger partial charge is 0.339 e. The Bertz CT molecular complexity index is 933. The Morgan fingerprint density at radius 2 is 1.88 bits per heavy atom. The van der Waals surface area contributed by atoms with Crippen LogP contribution >= 0.6 is 0 Å². The van der Waals surface area contributed by atoms with Crippen molar-refractivity contribution in [3.63, 3.8) is 0 Å². The summed E-state index contributed by atoms with van der Waals surface area (Å²) in [6.07, 6.45) is 0. The quantitative estimate of drug-likeness (QED) is 0.364. The van der Waals surface area contributed by atoms with Crippen molar-refractivity contribution in [2.45, 2.75) is 5.92 Å². The molecule has 24 heavy (non-hydrogen) atoms. The molecule has 2 aromatic carbocycles. The maximum Gasteiger partial charge on any atom is 0.339 e. The Balaban J connectivity index is 0.00000169. The van der Waals surface area contributed by atoms with E-state index in [0.29, 0.717) is 17.7 Å². The molecule has 0 spiro atoms. The molecular formula is C19H16NO3Pd-. The molecule has 1 aromatic heterocycles. The summed E-state index contributed by atoms with van der Waals surface area (Å²) >= 11 is 0. The molecule has 0 saturated carbocycles. The molecule has 0 radical (unpaired) electrons. The molecule has 1 atom stereocenters. The van der Waals surface area contributed by atoms with Crippen LogP contribution in [-0.4, -0.2) is 13.7 Å². The van der Waals surface area contributed by atoms with Crippen LogP contribution in [0.2, 0.25) is 0 Å². The Labute approximate surface area is 153 Å². The van der Waals surface area contributed by atoms with Gasteiger partial charge in [-0.2, -0.15) is 0 Å². The SMILES string of the molecule is [CH2-]C1CN(c2ccc(OC)cc2)c2c1c(=O)oc1ccccc21.[Pd]. The van der Waals surface area contributed by atoms with Crippen LogP contribution < -0.4 is 15.3 Å². The van der Waals surface area contributed by atoms with Crippen molar-refractivity contribution in [1.82, 2.24) is 0 Å². The zero-order valence-corrected chi connectivity index (χ0v) is 14.7. The number of anilines is 2. The van der Waals surface area contributed by atoms with Gasteiger partial charge in [0, 0.05) is 43.6 Å². The minimum atomic E-state index is -0.297. The van der Waals surface area contributed by atoms with Crippen molar-refractivity contribution in [2.24, 2.45) is 0 Å². The molecule has 4 rings (SSSR count). The van der Waals surface area contributed by atoms with Crippen molar-refractivity contribution < 1.29 is 29.6 Å². The monoisotopic (exact) mass is 412 g/mol. The Morgan fingerprint density at radius 1 is 1.17 bits per heavy atom. The van der Waals surface area contributed by atoms with Gasteiger partial charge in [-0.25, -0.2) is 4.79 Å². The maximum absolute atomic E-state index is 12.4. The largest absolute Gasteiger partial charge is 0.497 e. The van der Waals surface area contributed by atoms with E-state index >= 15 is 0 Å². The van der Waals surface area contributed by atoms with Crippen molar-refractivity contribution in [1.29, 1.82) is 0 Å². The number of hydrogen-bond donors (Lipinski definition) is 0. The van der Waals surface area contributed by atoms with Crippen molar-refractivity contribution in [2.75, 3.05) is 18.6 Å². The first kappa shape index (κ1) is 16.8. The normalized spacial score (nSPS) is 15.9. The molecule has 2 heterocycles. The van der Waals surface area contributed by atoms with Gasteiger partial charge < -0.3 is 21.0 Å². The Morgan fingerprint density at radius 3 is 2.58 bits per heavy atom. The van der Waals surface area contributed by atoms with Gasteiger partial charge in [-0.1, -0.05) is 12.1 Å². The number of fused-ring (bicyclic) bond motifs is 3. The zero-order chi connectivity index (χ0) is 16.0. The summed E-state index contributed by atoms with van der Waals surface area (Å²) in [5.41, 5.74) is 2.87. The van der Waals surface area contributed by atoms with Crippen LogP contribution in [0.3, 0.4) is 0 Å². The second kappa shape index (κ2) is 6.43. The third-order valence-electron chi connectivity index (χ3n) is 4.29. The van der Waals surface area contributed by atoms with Crippen LogP contribution in [0.5, 0.6) is 5.75 Å². The summed E-state index contributed by atoms with van der Waals surface area (Å²) in [7, 11) is 1.64. The molecule has 0 aliphatic carbocycles. The van der Waals surface area contributed by atoms with Crippen LogP contribution in [0.4, 0.5) is 11.4 Å². The molecule has 0 amide bonds. The second-order valence-electron chi connectivity index (χ2n) is 5.65. The van der Waals surface area contributed by atoms with E-state index in [0.717, 1.165) is 22.5 Å². The summed E-state index contributed by atoms with van der Waals surface area (Å²) in [5.74, 6) is 0.685. The van der Waals surface area contributed by atoms with Gasteiger partial charge in [-0.3, -0.25) is 0 Å². The number of benzene rings is 2. The minimum absolute atomic E-state index is 0. The fourth-order valence-corrected chi connectivity index (χ4v) is 3.20. The van der Waals surface area contributed by atoms with E-state index < -0.39 is 0 Å². The first-order chi connectivity index (χ1) is 11.2. The van der Waals surface area contributed by atoms with Gasteiger partial charge in [0.15, 0.2) is 0 Å². The number of ether oxygens (including phenoxy) is 1. The molecule has 3 aromatic rings. The predicted octanol–water partition coefficient (Wildman–Crippen LogP) is 3.87. The molecule has 0 N–H and O–H groups in total. The third-order valence-corrected chi connectivity index (χ3v) is 4.29. The molecule has 1 unspecified atom stereocenters. The first-order valence-electron chi connectivity index (χ1n) is 7.49. The van der Waals surface area contributed by atoms with E-state index in [9.17, 15) is 4.79 Å². The molecule has 0 saturated heterocycles. The number of hydrogen-bond acceptors (Lipinski definition) is 4. The van der Waals surface area contributed by atoms with Crippen LogP contribution in [0.15, 0.2) is 57.7 Å². The van der Waals surface area contributed by atoms with Crippen LogP contribution in [-0.2, 0) is 20.4 Å². The van der Waals surface area contributed by atoms with Crippen LogP contribution in [0, 0.1) is 6.92 Å². The standard InChI is InChI=1S/C19H16NO3.Pd/c1-12-11-20(13-7-9-14(22-2)10-8-13)18-15-5-3-4-6-16(15)23-19(21)17(12)18;/h3-10,12H,1,11H2,2H3;/q-1;. The van der Waals surface area contributed by atoms with Gasteiger partial charge in [0.2, 0.25) is 0 Å². The molecule has 1 aliphatic heterocycles. The Kier molecular flexibility index (Phi) is 4.49. The van der Waals surface area contributed by atoms with E-state index in [1.165, 1.54) is 0 Å². The number of rotatable bonds is 2. The van der Waals surface area contributed by atoms with E-state index in [1.807, 2.05) is 48.5 Å². The summed E-state index contributed by atoms with van der Waals surface area (Å²) in [6.45, 7) is 4.78. The maximum atomic E-state index is 12.4. The van der Waals surface area contributed by atoms with Crippen molar-refractivity contribution in [3.8, 4) is 5.75 Å². The van der Waals surface area contributed by atoms with E-state index in [-0.39, 0.29) is 32.0 Å². The molecule has 0 fully saturated rings. The van der Waals surface area contributed by atoms with Gasteiger partial charge in [0.05, 0.1) is 12.8 Å². The van der Waals surface area contributed by atoms with Gasteiger partial charge in [-0.15, -0.1) is 5.92 Å². The predicted molar refractivity (Wildman–Crippen MR) is 90.6 cm³/mol. The van der Waals surface area contributed by atoms with Gasteiger partial charge >= 0.3 is 5.63 Å². The molecule has 126 valence electrons. The fraction of sp³-hybridized carbons (Fsp3) is 0.158. The average Bonchev–Trinajstić information content (AvgIpc) is 2.93. The van der Waals surface area contributed by atoms with Gasteiger partial charge in [0.1, 0.15) is 11.3 Å². The van der Waals surface area contributed by atoms with Crippen LogP contribution in [0.25, 0.3) is 11.0 Å².